The van der Waals surface area contributed by atoms with Gasteiger partial charge in [0.2, 0.25) is 5.91 Å². The number of hydrogen-bond donors (Lipinski definition) is 1. The lowest BCUT2D eigenvalue weighted by Gasteiger charge is -2.31. The van der Waals surface area contributed by atoms with Crippen molar-refractivity contribution in [2.24, 2.45) is 5.92 Å². The molecule has 2 aliphatic heterocycles. The number of ether oxygens (including phenoxy) is 2. The Hall–Kier alpha value is -2.08. The number of fused-ring (bicyclic) bond motifs is 1. The first-order valence-electron chi connectivity index (χ1n) is 9.52. The number of likely N-dealkylation sites (tertiary alicyclic amines) is 1. The highest BCUT2D eigenvalue weighted by Crippen LogP contribution is 2.32. The second-order valence-corrected chi connectivity index (χ2v) is 7.15. The number of Topliss-reactive ketones (excluding diaryl/α,β-unsaturated/α-hetero) is 1. The molecule has 1 saturated heterocycles. The lowest BCUT2D eigenvalue weighted by atomic mass is 9.88. The number of rotatable bonds is 6. The zero-order valence-corrected chi connectivity index (χ0v) is 15.6. The van der Waals surface area contributed by atoms with Crippen molar-refractivity contribution < 1.29 is 19.1 Å². The van der Waals surface area contributed by atoms with Crippen LogP contribution in [-0.4, -0.2) is 55.5 Å². The van der Waals surface area contributed by atoms with Crippen LogP contribution >= 0.6 is 0 Å². The fourth-order valence-electron chi connectivity index (χ4n) is 3.41. The van der Waals surface area contributed by atoms with Gasteiger partial charge < -0.3 is 14.8 Å². The first kappa shape index (κ1) is 18.7. The minimum atomic E-state index is 0.00596. The zero-order chi connectivity index (χ0) is 18.5. The second kappa shape index (κ2) is 8.54. The van der Waals surface area contributed by atoms with Crippen LogP contribution in [-0.2, 0) is 4.79 Å². The van der Waals surface area contributed by atoms with Gasteiger partial charge in [0.1, 0.15) is 13.2 Å². The summed E-state index contributed by atoms with van der Waals surface area (Å²) in [6.07, 6.45) is 2.49. The summed E-state index contributed by atoms with van der Waals surface area (Å²) in [5.41, 5.74) is 0.683. The van der Waals surface area contributed by atoms with Gasteiger partial charge in [-0.1, -0.05) is 6.92 Å². The van der Waals surface area contributed by atoms with Crippen LogP contribution in [0.4, 0.5) is 0 Å². The van der Waals surface area contributed by atoms with Gasteiger partial charge in [0.05, 0.1) is 6.54 Å². The number of nitrogens with one attached hydrogen (secondary N) is 1. The van der Waals surface area contributed by atoms with E-state index >= 15 is 0 Å². The molecule has 142 valence electrons. The molecule has 1 aromatic rings. The van der Waals surface area contributed by atoms with Crippen molar-refractivity contribution in [3.63, 3.8) is 0 Å². The third-order valence-electron chi connectivity index (χ3n) is 5.17. The Labute approximate surface area is 154 Å². The van der Waals surface area contributed by atoms with E-state index < -0.39 is 0 Å². The summed E-state index contributed by atoms with van der Waals surface area (Å²) >= 11 is 0. The molecule has 0 aromatic heterocycles. The fraction of sp³-hybridized carbons (Fsp3) is 0.600. The van der Waals surface area contributed by atoms with E-state index in [0.717, 1.165) is 32.4 Å². The Morgan fingerprint density at radius 1 is 1.19 bits per heavy atom. The van der Waals surface area contributed by atoms with E-state index in [1.165, 1.54) is 0 Å². The minimum absolute atomic E-state index is 0.00596. The van der Waals surface area contributed by atoms with Crippen molar-refractivity contribution in [3.05, 3.63) is 23.8 Å². The number of amides is 1. The van der Waals surface area contributed by atoms with Crippen LogP contribution in [0, 0.1) is 5.92 Å². The van der Waals surface area contributed by atoms with Crippen LogP contribution in [0.3, 0.4) is 0 Å². The highest BCUT2D eigenvalue weighted by atomic mass is 16.6. The molecule has 2 aliphatic rings. The van der Waals surface area contributed by atoms with Gasteiger partial charge in [0.15, 0.2) is 17.3 Å². The maximum Gasteiger partial charge on any atom is 0.234 e. The van der Waals surface area contributed by atoms with Crippen LogP contribution < -0.4 is 14.8 Å². The molecule has 1 aromatic carbocycles. The lowest BCUT2D eigenvalue weighted by Crippen LogP contribution is -2.44. The van der Waals surface area contributed by atoms with Gasteiger partial charge in [-0.3, -0.25) is 14.5 Å². The van der Waals surface area contributed by atoms with Gasteiger partial charge in [0, 0.05) is 17.5 Å². The molecule has 1 fully saturated rings. The molecular formula is C20H28N2O4. The SMILES string of the molecule is CC[C@@H](C)NC(=O)CN1CCC(C(=O)c2ccc3c(c2)OCCO3)CC1. The number of piperidine rings is 1. The summed E-state index contributed by atoms with van der Waals surface area (Å²) in [6, 6.07) is 5.64. The molecule has 1 N–H and O–H groups in total. The molecule has 0 bridgehead atoms. The van der Waals surface area contributed by atoms with Gasteiger partial charge in [-0.2, -0.15) is 0 Å². The summed E-state index contributed by atoms with van der Waals surface area (Å²) in [5.74, 6) is 1.59. The average molecular weight is 360 g/mol. The summed E-state index contributed by atoms with van der Waals surface area (Å²) in [5, 5.41) is 2.99. The molecule has 1 amide bonds. The van der Waals surface area contributed by atoms with E-state index in [9.17, 15) is 9.59 Å². The number of nitrogens with zero attached hydrogens (tertiary/aromatic N) is 1. The van der Waals surface area contributed by atoms with Crippen LogP contribution in [0.15, 0.2) is 18.2 Å². The monoisotopic (exact) mass is 360 g/mol. The normalized spacial score (nSPS) is 19.0. The third kappa shape index (κ3) is 4.55. The third-order valence-corrected chi connectivity index (χ3v) is 5.17. The Morgan fingerprint density at radius 3 is 2.58 bits per heavy atom. The Bertz CT molecular complexity index is 653. The Morgan fingerprint density at radius 2 is 1.88 bits per heavy atom. The van der Waals surface area contributed by atoms with Gasteiger partial charge in [-0.15, -0.1) is 0 Å². The van der Waals surface area contributed by atoms with Crippen LogP contribution in [0.25, 0.3) is 0 Å². The predicted octanol–water partition coefficient (Wildman–Crippen LogP) is 2.27. The van der Waals surface area contributed by atoms with Crippen molar-refractivity contribution in [3.8, 4) is 11.5 Å². The molecule has 26 heavy (non-hydrogen) atoms. The highest BCUT2D eigenvalue weighted by molar-refractivity contribution is 5.98. The van der Waals surface area contributed by atoms with Gasteiger partial charge >= 0.3 is 0 Å². The lowest BCUT2D eigenvalue weighted by molar-refractivity contribution is -0.123. The summed E-state index contributed by atoms with van der Waals surface area (Å²) < 4.78 is 11.1. The molecule has 6 heteroatoms. The Kier molecular flexibility index (Phi) is 6.14. The second-order valence-electron chi connectivity index (χ2n) is 7.15. The molecular weight excluding hydrogens is 332 g/mol. The standard InChI is InChI=1S/C20H28N2O4/c1-3-14(2)21-19(23)13-22-8-6-15(7-9-22)20(24)16-4-5-17-18(12-16)26-11-10-25-17/h4-5,12,14-15H,3,6-11,13H2,1-2H3,(H,21,23)/t14-/m1/s1. The molecule has 2 heterocycles. The number of hydrogen-bond acceptors (Lipinski definition) is 5. The van der Waals surface area contributed by atoms with Gasteiger partial charge in [-0.05, 0) is 57.5 Å². The van der Waals surface area contributed by atoms with E-state index in [0.29, 0.717) is 36.8 Å². The maximum atomic E-state index is 12.8. The molecule has 6 nitrogen and oxygen atoms in total. The van der Waals surface area contributed by atoms with Crippen molar-refractivity contribution in [2.75, 3.05) is 32.8 Å². The number of benzene rings is 1. The van der Waals surface area contributed by atoms with Crippen molar-refractivity contribution in [1.29, 1.82) is 0 Å². The molecule has 0 radical (unpaired) electrons. The first-order valence-corrected chi connectivity index (χ1v) is 9.52. The molecule has 0 saturated carbocycles. The van der Waals surface area contributed by atoms with Crippen molar-refractivity contribution in [2.45, 2.75) is 39.2 Å². The maximum absolute atomic E-state index is 12.8. The Balaban J connectivity index is 1.51. The molecule has 0 spiro atoms. The van der Waals surface area contributed by atoms with E-state index in [1.807, 2.05) is 19.1 Å². The van der Waals surface area contributed by atoms with E-state index in [1.54, 1.807) is 6.07 Å². The van der Waals surface area contributed by atoms with Gasteiger partial charge in [0.25, 0.3) is 0 Å². The first-order chi connectivity index (χ1) is 12.6. The summed E-state index contributed by atoms with van der Waals surface area (Å²) in [7, 11) is 0. The molecule has 3 rings (SSSR count). The molecule has 0 aliphatic carbocycles. The van der Waals surface area contributed by atoms with E-state index in [2.05, 4.69) is 17.1 Å². The van der Waals surface area contributed by atoms with Crippen LogP contribution in [0.1, 0.15) is 43.5 Å². The van der Waals surface area contributed by atoms with Crippen LogP contribution in [0.5, 0.6) is 11.5 Å². The number of carbonyl (C=O) groups is 2. The number of carbonyl (C=O) groups excluding carboxylic acids is 2. The molecule has 1 atom stereocenters. The summed E-state index contributed by atoms with van der Waals surface area (Å²) in [4.78, 5) is 26.9. The van der Waals surface area contributed by atoms with Crippen molar-refractivity contribution in [1.82, 2.24) is 10.2 Å². The van der Waals surface area contributed by atoms with Gasteiger partial charge in [-0.25, -0.2) is 0 Å². The number of ketones is 1. The zero-order valence-electron chi connectivity index (χ0n) is 15.6. The fourth-order valence-corrected chi connectivity index (χ4v) is 3.41. The van der Waals surface area contributed by atoms with E-state index in [-0.39, 0.29) is 23.7 Å². The minimum Gasteiger partial charge on any atom is -0.486 e. The smallest absolute Gasteiger partial charge is 0.234 e. The average Bonchev–Trinajstić information content (AvgIpc) is 2.67. The molecule has 0 unspecified atom stereocenters. The quantitative estimate of drug-likeness (QED) is 0.788. The van der Waals surface area contributed by atoms with Crippen LogP contribution in [0.2, 0.25) is 0 Å². The topological polar surface area (TPSA) is 67.9 Å². The predicted molar refractivity (Wildman–Crippen MR) is 98.8 cm³/mol. The van der Waals surface area contributed by atoms with Crippen molar-refractivity contribution >= 4 is 11.7 Å². The van der Waals surface area contributed by atoms with E-state index in [4.69, 9.17) is 9.47 Å². The largest absolute Gasteiger partial charge is 0.486 e. The summed E-state index contributed by atoms with van der Waals surface area (Å²) in [6.45, 7) is 7.08. The highest BCUT2D eigenvalue weighted by Gasteiger charge is 2.27.